The van der Waals surface area contributed by atoms with Gasteiger partial charge in [0.25, 0.3) is 10.0 Å². The van der Waals surface area contributed by atoms with Crippen LogP contribution in [0.1, 0.15) is 20.8 Å². The molecule has 2 N–H and O–H groups in total. The number of nitrogens with one attached hydrogen (secondary N) is 1. The Morgan fingerprint density at radius 1 is 1.10 bits per heavy atom. The molecule has 4 rings (SSSR count). The van der Waals surface area contributed by atoms with Crippen molar-refractivity contribution in [1.82, 2.24) is 24.3 Å². The molecule has 0 fully saturated rings. The van der Waals surface area contributed by atoms with Crippen molar-refractivity contribution in [3.05, 3.63) is 48.0 Å². The maximum Gasteiger partial charge on any atom is 0.268 e. The third-order valence-corrected chi connectivity index (χ3v) is 6.97. The molecule has 0 atom stereocenters. The number of rotatable bonds is 4. The molecule has 150 valence electrons. The number of nitrogens with zero attached hydrogens (tertiary/aromatic N) is 4. The Morgan fingerprint density at radius 2 is 1.83 bits per heavy atom. The average molecular weight is 430 g/mol. The Morgan fingerprint density at radius 3 is 2.52 bits per heavy atom. The first-order valence-corrected chi connectivity index (χ1v) is 11.1. The van der Waals surface area contributed by atoms with E-state index in [4.69, 9.17) is 0 Å². The van der Waals surface area contributed by atoms with Gasteiger partial charge in [-0.25, -0.2) is 22.6 Å². The Bertz CT molecular complexity index is 1290. The van der Waals surface area contributed by atoms with E-state index >= 15 is 0 Å². The largest absolute Gasteiger partial charge is 0.492 e. The summed E-state index contributed by atoms with van der Waals surface area (Å²) in [5.74, 6) is -0.0669. The first-order valence-electron chi connectivity index (χ1n) is 8.78. The summed E-state index contributed by atoms with van der Waals surface area (Å²) < 4.78 is 28.9. The number of sulfonamides is 1. The number of benzene rings is 1. The van der Waals surface area contributed by atoms with Crippen LogP contribution in [0.2, 0.25) is 0 Å². The van der Waals surface area contributed by atoms with E-state index in [1.54, 1.807) is 32.3 Å². The molecule has 1 aromatic carbocycles. The summed E-state index contributed by atoms with van der Waals surface area (Å²) in [5, 5.41) is 16.5. The normalized spacial score (nSPS) is 12.5. The quantitative estimate of drug-likeness (QED) is 0.515. The minimum atomic E-state index is -3.76. The van der Waals surface area contributed by atoms with Crippen LogP contribution in [0.5, 0.6) is 5.88 Å². The first-order chi connectivity index (χ1) is 13.6. The second-order valence-corrected chi connectivity index (χ2v) is 10.2. The number of fused-ring (bicyclic) bond motifs is 1. The van der Waals surface area contributed by atoms with Crippen molar-refractivity contribution in [2.75, 3.05) is 0 Å². The molecule has 3 heterocycles. The summed E-state index contributed by atoms with van der Waals surface area (Å²) >= 11 is 0.973. The molecule has 0 saturated heterocycles. The van der Waals surface area contributed by atoms with E-state index in [1.165, 1.54) is 4.52 Å². The zero-order chi connectivity index (χ0) is 20.8. The van der Waals surface area contributed by atoms with Gasteiger partial charge in [0, 0.05) is 22.7 Å². The van der Waals surface area contributed by atoms with Gasteiger partial charge in [0.2, 0.25) is 16.0 Å². The predicted octanol–water partition coefficient (Wildman–Crippen LogP) is 3.30. The summed E-state index contributed by atoms with van der Waals surface area (Å²) in [6, 6.07) is 11.4. The average Bonchev–Trinajstić information content (AvgIpc) is 3.28. The van der Waals surface area contributed by atoms with Crippen molar-refractivity contribution in [1.29, 1.82) is 0 Å². The monoisotopic (exact) mass is 429 g/mol. The fraction of sp³-hybridized carbons (Fsp3) is 0.211. The molecule has 0 radical (unpaired) electrons. The van der Waals surface area contributed by atoms with Gasteiger partial charge in [0.15, 0.2) is 0 Å². The zero-order valence-corrected chi connectivity index (χ0v) is 17.6. The predicted molar refractivity (Wildman–Crippen MR) is 111 cm³/mol. The van der Waals surface area contributed by atoms with Gasteiger partial charge >= 0.3 is 0 Å². The first kappa shape index (κ1) is 19.5. The van der Waals surface area contributed by atoms with Crippen molar-refractivity contribution < 1.29 is 13.5 Å². The molecule has 0 saturated carbocycles. The lowest BCUT2D eigenvalue weighted by atomic mass is 10.1. The van der Waals surface area contributed by atoms with E-state index in [-0.39, 0.29) is 21.7 Å². The standard InChI is InChI=1S/C19H19N5O3S2/c1-19(2,3)23-29(26,27)18-20-14(11-28-18)16-21-17(25)15-13(9-10-24(15)22-16)12-7-5-4-6-8-12/h4-11,23H,1-3H3,(H,21,22,25). The molecular weight excluding hydrogens is 410 g/mol. The maximum atomic E-state index is 12.5. The van der Waals surface area contributed by atoms with E-state index in [2.05, 4.69) is 19.8 Å². The summed E-state index contributed by atoms with van der Waals surface area (Å²) in [5.41, 5.74) is 1.84. The van der Waals surface area contributed by atoms with Crippen LogP contribution in [-0.2, 0) is 10.0 Å². The van der Waals surface area contributed by atoms with Crippen LogP contribution in [0.4, 0.5) is 0 Å². The topological polar surface area (TPSA) is 109 Å². The maximum absolute atomic E-state index is 12.5. The lowest BCUT2D eigenvalue weighted by Crippen LogP contribution is -2.40. The summed E-state index contributed by atoms with van der Waals surface area (Å²) in [6.07, 6.45) is 1.72. The fourth-order valence-electron chi connectivity index (χ4n) is 2.90. The van der Waals surface area contributed by atoms with Crippen LogP contribution in [0.15, 0.2) is 52.3 Å². The van der Waals surface area contributed by atoms with E-state index < -0.39 is 15.6 Å². The third kappa shape index (κ3) is 3.86. The molecule has 0 aliphatic rings. The van der Waals surface area contributed by atoms with Gasteiger partial charge in [-0.05, 0) is 32.4 Å². The molecule has 4 aromatic rings. The van der Waals surface area contributed by atoms with Crippen molar-refractivity contribution >= 4 is 26.9 Å². The van der Waals surface area contributed by atoms with Crippen LogP contribution in [0.3, 0.4) is 0 Å². The molecule has 0 aliphatic heterocycles. The highest BCUT2D eigenvalue weighted by molar-refractivity contribution is 7.91. The summed E-state index contributed by atoms with van der Waals surface area (Å²) in [6.45, 7) is 5.26. The van der Waals surface area contributed by atoms with Crippen molar-refractivity contribution in [3.8, 4) is 28.5 Å². The Hall–Kier alpha value is -2.82. The van der Waals surface area contributed by atoms with Crippen LogP contribution in [0, 0.1) is 0 Å². The number of hydrogen-bond donors (Lipinski definition) is 2. The Labute approximate surface area is 171 Å². The highest BCUT2D eigenvalue weighted by Gasteiger charge is 2.26. The number of thiazole rings is 1. The van der Waals surface area contributed by atoms with Crippen LogP contribution in [0.25, 0.3) is 28.2 Å². The molecule has 0 amide bonds. The Balaban J connectivity index is 1.74. The van der Waals surface area contributed by atoms with Crippen molar-refractivity contribution in [2.45, 2.75) is 30.6 Å². The summed E-state index contributed by atoms with van der Waals surface area (Å²) in [4.78, 5) is 8.32. The second kappa shape index (κ2) is 6.90. The van der Waals surface area contributed by atoms with Gasteiger partial charge in [-0.2, -0.15) is 4.98 Å². The lowest BCUT2D eigenvalue weighted by Gasteiger charge is -2.18. The molecule has 0 unspecified atom stereocenters. The minimum absolute atomic E-state index is 0.0805. The highest BCUT2D eigenvalue weighted by Crippen LogP contribution is 2.32. The van der Waals surface area contributed by atoms with Crippen LogP contribution < -0.4 is 4.72 Å². The third-order valence-electron chi connectivity index (χ3n) is 3.96. The van der Waals surface area contributed by atoms with Crippen molar-refractivity contribution in [3.63, 3.8) is 0 Å². The zero-order valence-electron chi connectivity index (χ0n) is 16.0. The van der Waals surface area contributed by atoms with Crippen LogP contribution in [-0.4, -0.2) is 38.6 Å². The van der Waals surface area contributed by atoms with E-state index in [0.717, 1.165) is 22.5 Å². The fourth-order valence-corrected chi connectivity index (χ4v) is 5.30. The van der Waals surface area contributed by atoms with Gasteiger partial charge in [-0.1, -0.05) is 30.3 Å². The van der Waals surface area contributed by atoms with E-state index in [9.17, 15) is 13.5 Å². The number of aromatic hydroxyl groups is 1. The van der Waals surface area contributed by atoms with Gasteiger partial charge in [0.1, 0.15) is 11.2 Å². The molecule has 3 aromatic heterocycles. The van der Waals surface area contributed by atoms with Crippen LogP contribution >= 0.6 is 11.3 Å². The lowest BCUT2D eigenvalue weighted by molar-refractivity contribution is 0.455. The number of hydrogen-bond acceptors (Lipinski definition) is 7. The van der Waals surface area contributed by atoms with E-state index in [1.807, 2.05) is 36.4 Å². The molecule has 0 aliphatic carbocycles. The van der Waals surface area contributed by atoms with Gasteiger partial charge in [0.05, 0.1) is 0 Å². The molecule has 10 heteroatoms. The smallest absolute Gasteiger partial charge is 0.268 e. The van der Waals surface area contributed by atoms with Gasteiger partial charge in [-0.3, -0.25) is 0 Å². The molecular formula is C19H19N5O3S2. The summed E-state index contributed by atoms with van der Waals surface area (Å²) in [7, 11) is -3.76. The minimum Gasteiger partial charge on any atom is -0.492 e. The molecule has 8 nitrogen and oxygen atoms in total. The molecule has 29 heavy (non-hydrogen) atoms. The molecule has 0 bridgehead atoms. The molecule has 0 spiro atoms. The highest BCUT2D eigenvalue weighted by atomic mass is 32.2. The van der Waals surface area contributed by atoms with E-state index in [0.29, 0.717) is 5.52 Å². The SMILES string of the molecule is CC(C)(C)NS(=O)(=O)c1nc(-c2nc(O)c3c(-c4ccccc4)ccn3n2)cs1. The van der Waals surface area contributed by atoms with Gasteiger partial charge < -0.3 is 5.11 Å². The van der Waals surface area contributed by atoms with Gasteiger partial charge in [-0.15, -0.1) is 16.4 Å². The van der Waals surface area contributed by atoms with Crippen molar-refractivity contribution in [2.24, 2.45) is 0 Å². The number of aromatic nitrogens is 4. The Kier molecular flexibility index (Phi) is 4.64. The second-order valence-electron chi connectivity index (χ2n) is 7.50.